The van der Waals surface area contributed by atoms with Crippen LogP contribution in [0.2, 0.25) is 0 Å². The number of nitrogens with two attached hydrogens (primary N) is 1. The lowest BCUT2D eigenvalue weighted by atomic mass is 10.1. The monoisotopic (exact) mass is 256 g/mol. The Morgan fingerprint density at radius 2 is 2.16 bits per heavy atom. The lowest BCUT2D eigenvalue weighted by Gasteiger charge is -2.22. The van der Waals surface area contributed by atoms with Crippen LogP contribution in [-0.2, 0) is 6.42 Å². The first kappa shape index (κ1) is 11.5. The summed E-state index contributed by atoms with van der Waals surface area (Å²) in [7, 11) is 0. The summed E-state index contributed by atoms with van der Waals surface area (Å²) in [6.45, 7) is 0. The van der Waals surface area contributed by atoms with Crippen molar-refractivity contribution in [2.75, 3.05) is 4.90 Å². The highest BCUT2D eigenvalue weighted by Crippen LogP contribution is 2.38. The van der Waals surface area contributed by atoms with Crippen molar-refractivity contribution < 1.29 is 4.79 Å². The Balaban J connectivity index is 2.09. The van der Waals surface area contributed by atoms with E-state index in [1.54, 1.807) is 0 Å². The van der Waals surface area contributed by atoms with Gasteiger partial charge in [-0.15, -0.1) is 0 Å². The van der Waals surface area contributed by atoms with Gasteiger partial charge in [0.1, 0.15) is 11.9 Å². The maximum atomic E-state index is 11.7. The van der Waals surface area contributed by atoms with Gasteiger partial charge in [0.05, 0.1) is 0 Å². The van der Waals surface area contributed by atoms with E-state index in [1.807, 2.05) is 24.3 Å². The zero-order valence-electron chi connectivity index (χ0n) is 10.0. The van der Waals surface area contributed by atoms with Crippen molar-refractivity contribution in [2.24, 2.45) is 5.73 Å². The number of aromatic nitrogens is 2. The van der Waals surface area contributed by atoms with Crippen molar-refractivity contribution >= 4 is 11.7 Å². The van der Waals surface area contributed by atoms with E-state index in [9.17, 15) is 9.59 Å². The van der Waals surface area contributed by atoms with E-state index < -0.39 is 6.03 Å². The van der Waals surface area contributed by atoms with E-state index in [-0.39, 0.29) is 11.6 Å². The van der Waals surface area contributed by atoms with Gasteiger partial charge in [0.25, 0.3) is 5.56 Å². The molecule has 1 unspecified atom stereocenters. The molecule has 1 aromatic carbocycles. The zero-order valence-corrected chi connectivity index (χ0v) is 10.0. The van der Waals surface area contributed by atoms with Crippen LogP contribution in [0.4, 0.5) is 10.5 Å². The van der Waals surface area contributed by atoms with Crippen LogP contribution in [0.15, 0.2) is 41.3 Å². The van der Waals surface area contributed by atoms with Gasteiger partial charge in [0, 0.05) is 24.4 Å². The summed E-state index contributed by atoms with van der Waals surface area (Å²) in [5.74, 6) is 0.447. The number of amides is 2. The fraction of sp³-hybridized carbons (Fsp3) is 0.154. The fourth-order valence-corrected chi connectivity index (χ4v) is 2.43. The topological polar surface area (TPSA) is 92.1 Å². The van der Waals surface area contributed by atoms with Crippen molar-refractivity contribution in [2.45, 2.75) is 12.5 Å². The minimum Gasteiger partial charge on any atom is -0.351 e. The second-order valence-electron chi connectivity index (χ2n) is 4.38. The maximum Gasteiger partial charge on any atom is 0.319 e. The number of urea groups is 1. The third kappa shape index (κ3) is 1.87. The van der Waals surface area contributed by atoms with Crippen LogP contribution in [0.25, 0.3) is 0 Å². The van der Waals surface area contributed by atoms with Gasteiger partial charge < -0.3 is 10.7 Å². The van der Waals surface area contributed by atoms with Crippen LogP contribution in [0.3, 0.4) is 0 Å². The normalized spacial score (nSPS) is 17.3. The highest BCUT2D eigenvalue weighted by Gasteiger charge is 2.34. The third-order valence-corrected chi connectivity index (χ3v) is 3.22. The summed E-state index contributed by atoms with van der Waals surface area (Å²) in [5, 5.41) is 0. The summed E-state index contributed by atoms with van der Waals surface area (Å²) in [6, 6.07) is 7.94. The molecule has 6 nitrogen and oxygen atoms in total. The first-order chi connectivity index (χ1) is 9.16. The van der Waals surface area contributed by atoms with Gasteiger partial charge in [0.15, 0.2) is 0 Å². The number of aromatic amines is 1. The molecule has 2 aromatic rings. The molecule has 2 heterocycles. The fourth-order valence-electron chi connectivity index (χ4n) is 2.43. The van der Waals surface area contributed by atoms with Crippen molar-refractivity contribution in [3.63, 3.8) is 0 Å². The van der Waals surface area contributed by atoms with Crippen LogP contribution in [0, 0.1) is 0 Å². The summed E-state index contributed by atoms with van der Waals surface area (Å²) in [4.78, 5) is 31.3. The molecule has 3 N–H and O–H groups in total. The average molecular weight is 256 g/mol. The Kier molecular flexibility index (Phi) is 2.56. The molecule has 1 atom stereocenters. The molecule has 3 rings (SSSR count). The molecule has 6 heteroatoms. The summed E-state index contributed by atoms with van der Waals surface area (Å²) < 4.78 is 0. The first-order valence-electron chi connectivity index (χ1n) is 5.88. The van der Waals surface area contributed by atoms with Crippen LogP contribution >= 0.6 is 0 Å². The smallest absolute Gasteiger partial charge is 0.319 e. The van der Waals surface area contributed by atoms with Gasteiger partial charge >= 0.3 is 6.03 Å². The molecule has 1 aliphatic rings. The minimum atomic E-state index is -0.554. The lowest BCUT2D eigenvalue weighted by molar-refractivity contribution is 0.252. The Morgan fingerprint density at radius 3 is 2.89 bits per heavy atom. The van der Waals surface area contributed by atoms with Gasteiger partial charge in [0.2, 0.25) is 0 Å². The number of para-hydroxylation sites is 1. The Bertz CT molecular complexity index is 695. The molecule has 0 fully saturated rings. The molecule has 0 radical (unpaired) electrons. The summed E-state index contributed by atoms with van der Waals surface area (Å²) >= 11 is 0. The molecule has 0 spiro atoms. The molecular formula is C13H12N4O2. The van der Waals surface area contributed by atoms with Gasteiger partial charge in [-0.25, -0.2) is 9.78 Å². The van der Waals surface area contributed by atoms with Crippen molar-refractivity contribution in [3.8, 4) is 0 Å². The second-order valence-corrected chi connectivity index (χ2v) is 4.38. The van der Waals surface area contributed by atoms with Crippen LogP contribution in [0.1, 0.15) is 17.4 Å². The number of fused-ring (bicyclic) bond motifs is 1. The van der Waals surface area contributed by atoms with Crippen LogP contribution in [0.5, 0.6) is 0 Å². The van der Waals surface area contributed by atoms with Crippen LogP contribution in [-0.4, -0.2) is 16.0 Å². The Labute approximate surface area is 108 Å². The van der Waals surface area contributed by atoms with E-state index in [2.05, 4.69) is 9.97 Å². The molecule has 0 saturated carbocycles. The number of benzene rings is 1. The highest BCUT2D eigenvalue weighted by molar-refractivity contribution is 5.93. The third-order valence-electron chi connectivity index (χ3n) is 3.22. The zero-order chi connectivity index (χ0) is 13.4. The minimum absolute atomic E-state index is 0.245. The molecule has 96 valence electrons. The largest absolute Gasteiger partial charge is 0.351 e. The van der Waals surface area contributed by atoms with Gasteiger partial charge in [-0.05, 0) is 11.6 Å². The molecule has 0 saturated heterocycles. The maximum absolute atomic E-state index is 11.7. The van der Waals surface area contributed by atoms with Crippen molar-refractivity contribution in [1.29, 1.82) is 0 Å². The summed E-state index contributed by atoms with van der Waals surface area (Å²) in [6.07, 6.45) is 2.02. The second kappa shape index (κ2) is 4.24. The number of carbonyl (C=O) groups excluding carboxylic acids is 1. The van der Waals surface area contributed by atoms with Crippen molar-refractivity contribution in [3.05, 3.63) is 58.3 Å². The van der Waals surface area contributed by atoms with Gasteiger partial charge in [-0.3, -0.25) is 9.69 Å². The number of hydrogen-bond acceptors (Lipinski definition) is 3. The van der Waals surface area contributed by atoms with E-state index in [0.717, 1.165) is 11.3 Å². The predicted octanol–water partition coefficient (Wildman–Crippen LogP) is 0.952. The number of primary amides is 1. The number of carbonyl (C=O) groups is 1. The molecule has 0 bridgehead atoms. The standard InChI is InChI=1S/C13H12N4O2/c14-13(19)17-9-4-2-1-3-8(9)7-10(17)12-15-6-5-11(18)16-12/h1-6,10H,7H2,(H2,14,19)(H,15,16,18). The molecule has 0 aliphatic carbocycles. The highest BCUT2D eigenvalue weighted by atomic mass is 16.2. The number of anilines is 1. The van der Waals surface area contributed by atoms with Gasteiger partial charge in [-0.2, -0.15) is 0 Å². The predicted molar refractivity (Wildman–Crippen MR) is 69.8 cm³/mol. The average Bonchev–Trinajstić information content (AvgIpc) is 2.78. The summed E-state index contributed by atoms with van der Waals surface area (Å²) in [5.41, 5.74) is 6.98. The number of rotatable bonds is 1. The number of nitrogens with zero attached hydrogens (tertiary/aromatic N) is 2. The SMILES string of the molecule is NC(=O)N1c2ccccc2CC1c1nccc(=O)[nH]1. The van der Waals surface area contributed by atoms with E-state index in [1.165, 1.54) is 17.2 Å². The number of hydrogen-bond donors (Lipinski definition) is 2. The Morgan fingerprint density at radius 1 is 1.37 bits per heavy atom. The molecule has 19 heavy (non-hydrogen) atoms. The van der Waals surface area contributed by atoms with Crippen molar-refractivity contribution in [1.82, 2.24) is 9.97 Å². The Hall–Kier alpha value is -2.63. The molecule has 1 aromatic heterocycles. The lowest BCUT2D eigenvalue weighted by Crippen LogP contribution is -2.37. The number of nitrogens with one attached hydrogen (secondary N) is 1. The number of H-pyrrole nitrogens is 1. The van der Waals surface area contributed by atoms with Gasteiger partial charge in [-0.1, -0.05) is 18.2 Å². The van der Waals surface area contributed by atoms with E-state index in [4.69, 9.17) is 5.73 Å². The first-order valence-corrected chi connectivity index (χ1v) is 5.88. The van der Waals surface area contributed by atoms with E-state index >= 15 is 0 Å². The quantitative estimate of drug-likeness (QED) is 0.795. The molecular weight excluding hydrogens is 244 g/mol. The molecule has 1 aliphatic heterocycles. The molecule has 2 amide bonds. The van der Waals surface area contributed by atoms with E-state index in [0.29, 0.717) is 12.2 Å². The van der Waals surface area contributed by atoms with Crippen LogP contribution < -0.4 is 16.2 Å².